The predicted molar refractivity (Wildman–Crippen MR) is 74.0 cm³/mol. The second kappa shape index (κ2) is 5.83. The van der Waals surface area contributed by atoms with Gasteiger partial charge in [-0.25, -0.2) is 13.4 Å². The largest absolute Gasteiger partial charge is 0.301 e. The molecule has 0 atom stereocenters. The Balaban J connectivity index is 2.16. The molecule has 0 saturated carbocycles. The maximum atomic E-state index is 12.3. The molecule has 0 fully saturated rings. The fourth-order valence-corrected chi connectivity index (χ4v) is 3.65. The molecule has 1 amide bonds. The Kier molecular flexibility index (Phi) is 4.29. The van der Waals surface area contributed by atoms with Crippen LogP contribution in [0.25, 0.3) is 0 Å². The second-order valence-electron chi connectivity index (χ2n) is 4.15. The zero-order valence-corrected chi connectivity index (χ0v) is 13.1. The zero-order valence-electron chi connectivity index (χ0n) is 11.5. The minimum Gasteiger partial charge on any atom is -0.301 e. The molecule has 0 bridgehead atoms. The first-order chi connectivity index (χ1) is 9.79. The Morgan fingerprint density at radius 2 is 2.14 bits per heavy atom. The van der Waals surface area contributed by atoms with Crippen molar-refractivity contribution in [2.45, 2.75) is 24.7 Å². The number of H-pyrrole nitrogens is 1. The zero-order chi connectivity index (χ0) is 15.6. The van der Waals surface area contributed by atoms with Gasteiger partial charge in [-0.3, -0.25) is 9.89 Å². The lowest BCUT2D eigenvalue weighted by Crippen LogP contribution is -2.27. The molecule has 0 radical (unpaired) electrons. The number of carbonyl (C=O) groups excluding carboxylic acids is 1. The van der Waals surface area contributed by atoms with Crippen LogP contribution in [-0.4, -0.2) is 51.1 Å². The lowest BCUT2D eigenvalue weighted by Gasteiger charge is -2.12. The van der Waals surface area contributed by atoms with Crippen molar-refractivity contribution in [2.24, 2.45) is 0 Å². The molecule has 2 aromatic rings. The molecular weight excluding hydrogens is 318 g/mol. The average Bonchev–Trinajstić information content (AvgIpc) is 2.98. The summed E-state index contributed by atoms with van der Waals surface area (Å²) in [5, 5.41) is 16.2. The fourth-order valence-electron chi connectivity index (χ4n) is 1.39. The van der Waals surface area contributed by atoms with Crippen molar-refractivity contribution in [3.05, 3.63) is 11.6 Å². The van der Waals surface area contributed by atoms with Crippen LogP contribution in [0.15, 0.2) is 4.34 Å². The van der Waals surface area contributed by atoms with Gasteiger partial charge in [-0.05, 0) is 6.92 Å². The van der Waals surface area contributed by atoms with Crippen LogP contribution in [-0.2, 0) is 21.4 Å². The molecule has 0 spiro atoms. The van der Waals surface area contributed by atoms with Crippen LogP contribution in [0, 0.1) is 6.92 Å². The number of aryl methyl sites for hydroxylation is 1. The summed E-state index contributed by atoms with van der Waals surface area (Å²) in [5.74, 6) is 0.601. The summed E-state index contributed by atoms with van der Waals surface area (Å²) in [5.41, 5.74) is 0. The number of aromatic amines is 1. The van der Waals surface area contributed by atoms with Crippen LogP contribution in [0.1, 0.15) is 18.6 Å². The van der Waals surface area contributed by atoms with Crippen molar-refractivity contribution in [1.82, 2.24) is 29.7 Å². The van der Waals surface area contributed by atoms with Gasteiger partial charge in [0.2, 0.25) is 15.4 Å². The van der Waals surface area contributed by atoms with Gasteiger partial charge >= 0.3 is 0 Å². The van der Waals surface area contributed by atoms with Gasteiger partial charge in [0, 0.05) is 14.0 Å². The molecule has 0 aliphatic carbocycles. The summed E-state index contributed by atoms with van der Waals surface area (Å²) in [6.45, 7) is 3.02. The first kappa shape index (κ1) is 15.5. The third kappa shape index (κ3) is 3.59. The summed E-state index contributed by atoms with van der Waals surface area (Å²) in [6.07, 6.45) is 0. The smallest absolute Gasteiger partial charge is 0.272 e. The highest BCUT2D eigenvalue weighted by Crippen LogP contribution is 2.23. The van der Waals surface area contributed by atoms with Crippen molar-refractivity contribution in [3.63, 3.8) is 0 Å². The topological polar surface area (TPSA) is 134 Å². The average molecular weight is 331 g/mol. The maximum absolute atomic E-state index is 12.3. The van der Waals surface area contributed by atoms with Crippen LogP contribution >= 0.6 is 11.3 Å². The lowest BCUT2D eigenvalue weighted by atomic mass is 10.6. The van der Waals surface area contributed by atoms with Gasteiger partial charge in [-0.15, -0.1) is 10.2 Å². The van der Waals surface area contributed by atoms with E-state index in [1.54, 1.807) is 6.92 Å². The molecule has 2 aromatic heterocycles. The summed E-state index contributed by atoms with van der Waals surface area (Å²) >= 11 is 0.780. The Hall–Kier alpha value is -1.92. The highest BCUT2D eigenvalue weighted by Gasteiger charge is 2.26. The van der Waals surface area contributed by atoms with E-state index >= 15 is 0 Å². The van der Waals surface area contributed by atoms with Crippen LogP contribution in [0.2, 0.25) is 0 Å². The number of nitrogens with one attached hydrogen (secondary N) is 2. The molecule has 2 heterocycles. The van der Waals surface area contributed by atoms with Gasteiger partial charge in [0.15, 0.2) is 5.82 Å². The Bertz CT molecular complexity index is 751. The molecule has 0 unspecified atom stereocenters. The summed E-state index contributed by atoms with van der Waals surface area (Å²) in [7, 11) is -2.42. The van der Waals surface area contributed by atoms with E-state index in [0.717, 1.165) is 15.6 Å². The minimum absolute atomic E-state index is 0.00171. The number of anilines is 1. The first-order valence-electron chi connectivity index (χ1n) is 5.74. The first-order valence-corrected chi connectivity index (χ1v) is 8.00. The molecule has 21 heavy (non-hydrogen) atoms. The van der Waals surface area contributed by atoms with Crippen molar-refractivity contribution >= 4 is 32.4 Å². The number of carbonyl (C=O) groups is 1. The number of hydrogen-bond donors (Lipinski definition) is 2. The van der Waals surface area contributed by atoms with Crippen molar-refractivity contribution in [1.29, 1.82) is 0 Å². The molecule has 12 heteroatoms. The number of nitrogens with zero attached hydrogens (tertiary/aromatic N) is 5. The summed E-state index contributed by atoms with van der Waals surface area (Å²) in [4.78, 5) is 14.9. The summed E-state index contributed by atoms with van der Waals surface area (Å²) in [6, 6.07) is 0. The van der Waals surface area contributed by atoms with Gasteiger partial charge < -0.3 is 5.32 Å². The van der Waals surface area contributed by atoms with E-state index in [1.165, 1.54) is 14.0 Å². The van der Waals surface area contributed by atoms with Crippen LogP contribution in [0.4, 0.5) is 5.13 Å². The molecule has 0 aliphatic rings. The maximum Gasteiger partial charge on any atom is 0.272 e. The SMILES string of the molecule is CC(=O)Nc1nnc(S(=O)(=O)N(C)Cc2n[nH]c(C)n2)s1. The van der Waals surface area contributed by atoms with Crippen molar-refractivity contribution < 1.29 is 13.2 Å². The van der Waals surface area contributed by atoms with Crippen LogP contribution in [0.5, 0.6) is 0 Å². The molecule has 0 saturated heterocycles. The van der Waals surface area contributed by atoms with Gasteiger partial charge in [0.1, 0.15) is 5.82 Å². The minimum atomic E-state index is -3.81. The molecule has 10 nitrogen and oxygen atoms in total. The van der Waals surface area contributed by atoms with Gasteiger partial charge in [0.25, 0.3) is 10.0 Å². The molecule has 0 aromatic carbocycles. The van der Waals surface area contributed by atoms with Crippen LogP contribution in [0.3, 0.4) is 0 Å². The van der Waals surface area contributed by atoms with E-state index in [-0.39, 0.29) is 21.9 Å². The van der Waals surface area contributed by atoms with E-state index in [1.807, 2.05) is 0 Å². The summed E-state index contributed by atoms with van der Waals surface area (Å²) < 4.78 is 25.5. The quantitative estimate of drug-likeness (QED) is 0.721. The number of rotatable bonds is 5. The monoisotopic (exact) mass is 331 g/mol. The van der Waals surface area contributed by atoms with Gasteiger partial charge in [-0.1, -0.05) is 11.3 Å². The lowest BCUT2D eigenvalue weighted by molar-refractivity contribution is -0.114. The highest BCUT2D eigenvalue weighted by atomic mass is 32.2. The number of sulfonamides is 1. The standard InChI is InChI=1S/C9H13N7O3S2/c1-5-10-7(13-12-5)4-16(3)21(18,19)9-15-14-8(20-9)11-6(2)17/h4H2,1-3H3,(H,10,12,13)(H,11,14,17). The van der Waals surface area contributed by atoms with Crippen molar-refractivity contribution in [2.75, 3.05) is 12.4 Å². The Morgan fingerprint density at radius 3 is 2.71 bits per heavy atom. The predicted octanol–water partition coefficient (Wildman–Crippen LogP) is -0.256. The van der Waals surface area contributed by atoms with Crippen LogP contribution < -0.4 is 5.32 Å². The third-order valence-electron chi connectivity index (χ3n) is 2.33. The molecular formula is C9H13N7O3S2. The third-order valence-corrected chi connectivity index (χ3v) is 5.32. The molecule has 0 aliphatic heterocycles. The normalized spacial score (nSPS) is 11.8. The van der Waals surface area contributed by atoms with E-state index < -0.39 is 10.0 Å². The van der Waals surface area contributed by atoms with Gasteiger partial charge in [0.05, 0.1) is 6.54 Å². The highest BCUT2D eigenvalue weighted by molar-refractivity contribution is 7.91. The molecule has 114 valence electrons. The number of hydrogen-bond acceptors (Lipinski definition) is 8. The van der Waals surface area contributed by atoms with E-state index in [9.17, 15) is 13.2 Å². The number of amides is 1. The Labute approximate surface area is 124 Å². The fraction of sp³-hybridized carbons (Fsp3) is 0.444. The van der Waals surface area contributed by atoms with Crippen molar-refractivity contribution in [3.8, 4) is 0 Å². The molecule has 2 N–H and O–H groups in total. The van der Waals surface area contributed by atoms with E-state index in [0.29, 0.717) is 11.6 Å². The number of aromatic nitrogens is 5. The van der Waals surface area contributed by atoms with E-state index in [4.69, 9.17) is 0 Å². The van der Waals surface area contributed by atoms with Gasteiger partial charge in [-0.2, -0.15) is 9.40 Å². The Morgan fingerprint density at radius 1 is 1.43 bits per heavy atom. The second-order valence-corrected chi connectivity index (χ2v) is 7.35. The molecule has 2 rings (SSSR count). The van der Waals surface area contributed by atoms with E-state index in [2.05, 4.69) is 30.7 Å².